The van der Waals surface area contributed by atoms with E-state index in [0.717, 1.165) is 17.8 Å². The zero-order chi connectivity index (χ0) is 23.8. The summed E-state index contributed by atoms with van der Waals surface area (Å²) in [5, 5.41) is 0. The zero-order valence-electron chi connectivity index (χ0n) is 22.9. The second kappa shape index (κ2) is 17.7. The number of aryl methyl sites for hydroxylation is 1. The third-order valence-corrected chi connectivity index (χ3v) is 7.53. The predicted octanol–water partition coefficient (Wildman–Crippen LogP) is 9.95. The van der Waals surface area contributed by atoms with E-state index in [-0.39, 0.29) is 0 Å². The molecule has 1 nitrogen and oxygen atoms in total. The van der Waals surface area contributed by atoms with Crippen LogP contribution >= 0.6 is 0 Å². The summed E-state index contributed by atoms with van der Waals surface area (Å²) >= 11 is 0. The summed E-state index contributed by atoms with van der Waals surface area (Å²) < 4.78 is 5.54. The maximum Gasteiger partial charge on any atom is 0.0571 e. The highest BCUT2D eigenvalue weighted by Crippen LogP contribution is 2.44. The molecule has 0 amide bonds. The molecule has 1 aromatic rings. The molecule has 0 N–H and O–H groups in total. The summed E-state index contributed by atoms with van der Waals surface area (Å²) in [6.07, 6.45) is 14.2. The van der Waals surface area contributed by atoms with Gasteiger partial charge in [0.05, 0.1) is 6.10 Å². The SMILES string of the molecule is CC.CC.CCCC.COC1CCC(C2CCC(c3ccc(C)c(C)c3C)CC2)CC1. The van der Waals surface area contributed by atoms with Crippen LogP contribution in [0.15, 0.2) is 12.1 Å². The number of unbranched alkanes of at least 4 members (excludes halogenated alkanes) is 1. The normalized spacial score (nSPS) is 25.1. The summed E-state index contributed by atoms with van der Waals surface area (Å²) in [6, 6.07) is 4.74. The van der Waals surface area contributed by atoms with Crippen LogP contribution in [0, 0.1) is 32.6 Å². The number of hydrogen-bond acceptors (Lipinski definition) is 1. The summed E-state index contributed by atoms with van der Waals surface area (Å²) in [4.78, 5) is 0. The standard InChI is InChI=1S/C22H34O.C4H10.2C2H6/c1-15-5-14-22(17(3)16(15)2)20-8-6-18(7-9-20)19-10-12-21(23-4)13-11-19;1-3-4-2;2*1-2/h5,14,18-21H,6-13H2,1-4H3;3-4H2,1-2H3;2*1-2H3. The number of benzene rings is 1. The predicted molar refractivity (Wildman–Crippen MR) is 141 cm³/mol. The minimum atomic E-state index is 0.542. The van der Waals surface area contributed by atoms with Gasteiger partial charge in [0.15, 0.2) is 0 Å². The second-order valence-electron chi connectivity index (χ2n) is 9.11. The molecule has 31 heavy (non-hydrogen) atoms. The molecule has 182 valence electrons. The van der Waals surface area contributed by atoms with Gasteiger partial charge < -0.3 is 4.74 Å². The molecule has 0 saturated heterocycles. The van der Waals surface area contributed by atoms with Crippen molar-refractivity contribution >= 4 is 0 Å². The van der Waals surface area contributed by atoms with E-state index in [9.17, 15) is 0 Å². The molecule has 0 bridgehead atoms. The van der Waals surface area contributed by atoms with Gasteiger partial charge >= 0.3 is 0 Å². The molecule has 2 saturated carbocycles. The largest absolute Gasteiger partial charge is 0.381 e. The number of rotatable bonds is 4. The third kappa shape index (κ3) is 9.68. The van der Waals surface area contributed by atoms with Crippen molar-refractivity contribution in [1.29, 1.82) is 0 Å². The molecule has 0 unspecified atom stereocenters. The van der Waals surface area contributed by atoms with Gasteiger partial charge in [0.1, 0.15) is 0 Å². The minimum absolute atomic E-state index is 0.542. The number of hydrogen-bond donors (Lipinski definition) is 0. The van der Waals surface area contributed by atoms with Crippen molar-refractivity contribution in [1.82, 2.24) is 0 Å². The Balaban J connectivity index is 0.000000992. The van der Waals surface area contributed by atoms with Crippen molar-refractivity contribution in [3.63, 3.8) is 0 Å². The quantitative estimate of drug-likeness (QED) is 0.460. The van der Waals surface area contributed by atoms with E-state index in [0.29, 0.717) is 6.10 Å². The number of ether oxygens (including phenoxy) is 1. The topological polar surface area (TPSA) is 9.23 Å². The van der Waals surface area contributed by atoms with E-state index in [1.54, 1.807) is 11.1 Å². The first-order valence-electron chi connectivity index (χ1n) is 13.6. The minimum Gasteiger partial charge on any atom is -0.381 e. The van der Waals surface area contributed by atoms with E-state index in [1.807, 2.05) is 34.8 Å². The van der Waals surface area contributed by atoms with Gasteiger partial charge in [-0.1, -0.05) is 66.5 Å². The monoisotopic (exact) mass is 432 g/mol. The van der Waals surface area contributed by atoms with Gasteiger partial charge in [0.2, 0.25) is 0 Å². The molecule has 2 fully saturated rings. The van der Waals surface area contributed by atoms with Crippen LogP contribution in [0.1, 0.15) is 134 Å². The first-order valence-corrected chi connectivity index (χ1v) is 13.6. The lowest BCUT2D eigenvalue weighted by Gasteiger charge is -2.38. The first kappa shape index (κ1) is 30.2. The van der Waals surface area contributed by atoms with Crippen LogP contribution in [0.5, 0.6) is 0 Å². The molecule has 0 radical (unpaired) electrons. The van der Waals surface area contributed by atoms with Crippen LogP contribution in [-0.4, -0.2) is 13.2 Å². The van der Waals surface area contributed by atoms with Gasteiger partial charge in [-0.2, -0.15) is 0 Å². The van der Waals surface area contributed by atoms with Crippen LogP contribution in [0.25, 0.3) is 0 Å². The van der Waals surface area contributed by atoms with Gasteiger partial charge in [-0.15, -0.1) is 0 Å². The summed E-state index contributed by atoms with van der Waals surface area (Å²) in [5.41, 5.74) is 6.13. The van der Waals surface area contributed by atoms with E-state index in [4.69, 9.17) is 4.74 Å². The van der Waals surface area contributed by atoms with E-state index >= 15 is 0 Å². The zero-order valence-corrected chi connectivity index (χ0v) is 22.9. The highest BCUT2D eigenvalue weighted by atomic mass is 16.5. The second-order valence-corrected chi connectivity index (χ2v) is 9.11. The van der Waals surface area contributed by atoms with Crippen molar-refractivity contribution in [3.05, 3.63) is 34.4 Å². The molecular formula is C30H56O. The summed E-state index contributed by atoms with van der Waals surface area (Å²) in [7, 11) is 1.88. The van der Waals surface area contributed by atoms with Gasteiger partial charge in [0, 0.05) is 7.11 Å². The highest BCUT2D eigenvalue weighted by Gasteiger charge is 2.31. The molecule has 1 aromatic carbocycles. The molecule has 0 aromatic heterocycles. The van der Waals surface area contributed by atoms with Crippen molar-refractivity contribution in [2.45, 2.75) is 139 Å². The van der Waals surface area contributed by atoms with Crippen LogP contribution in [-0.2, 0) is 4.74 Å². The maximum absolute atomic E-state index is 5.54. The van der Waals surface area contributed by atoms with Crippen LogP contribution in [0.4, 0.5) is 0 Å². The Morgan fingerprint density at radius 3 is 1.55 bits per heavy atom. The van der Waals surface area contributed by atoms with Crippen LogP contribution in [0.3, 0.4) is 0 Å². The summed E-state index contributed by atoms with van der Waals surface area (Å²) in [6.45, 7) is 19.2. The van der Waals surface area contributed by atoms with Crippen LogP contribution in [0.2, 0.25) is 0 Å². The Morgan fingerprint density at radius 2 is 1.13 bits per heavy atom. The van der Waals surface area contributed by atoms with Gasteiger partial charge in [-0.05, 0) is 112 Å². The molecule has 0 atom stereocenters. The lowest BCUT2D eigenvalue weighted by Crippen LogP contribution is -2.28. The Labute approximate surface area is 196 Å². The molecule has 2 aliphatic carbocycles. The molecular weight excluding hydrogens is 376 g/mol. The summed E-state index contributed by atoms with van der Waals surface area (Å²) in [5.74, 6) is 2.76. The van der Waals surface area contributed by atoms with Crippen molar-refractivity contribution in [2.75, 3.05) is 7.11 Å². The average Bonchev–Trinajstić information content (AvgIpc) is 2.85. The lowest BCUT2D eigenvalue weighted by atomic mass is 9.69. The molecule has 0 aliphatic heterocycles. The molecule has 0 spiro atoms. The Morgan fingerprint density at radius 1 is 0.677 bits per heavy atom. The van der Waals surface area contributed by atoms with Gasteiger partial charge in [-0.3, -0.25) is 0 Å². The smallest absolute Gasteiger partial charge is 0.0571 e. The Kier molecular flexibility index (Phi) is 17.2. The van der Waals surface area contributed by atoms with E-state index in [1.165, 1.54) is 75.3 Å². The highest BCUT2D eigenvalue weighted by molar-refractivity contribution is 5.40. The fraction of sp³-hybridized carbons (Fsp3) is 0.800. The molecule has 3 rings (SSSR count). The first-order chi connectivity index (χ1) is 15.0. The third-order valence-electron chi connectivity index (χ3n) is 7.53. The molecule has 0 heterocycles. The maximum atomic E-state index is 5.54. The lowest BCUT2D eigenvalue weighted by molar-refractivity contribution is 0.0410. The van der Waals surface area contributed by atoms with E-state index in [2.05, 4.69) is 46.8 Å². The number of methoxy groups -OCH3 is 1. The van der Waals surface area contributed by atoms with Crippen LogP contribution < -0.4 is 0 Å². The van der Waals surface area contributed by atoms with Gasteiger partial charge in [0.25, 0.3) is 0 Å². The van der Waals surface area contributed by atoms with E-state index < -0.39 is 0 Å². The fourth-order valence-corrected chi connectivity index (χ4v) is 5.12. The fourth-order valence-electron chi connectivity index (χ4n) is 5.12. The van der Waals surface area contributed by atoms with Crippen molar-refractivity contribution < 1.29 is 4.74 Å². The van der Waals surface area contributed by atoms with Gasteiger partial charge in [-0.25, -0.2) is 0 Å². The molecule has 1 heteroatoms. The Hall–Kier alpha value is -0.820. The Bertz CT molecular complexity index is 544. The van der Waals surface area contributed by atoms with Crippen molar-refractivity contribution in [2.24, 2.45) is 11.8 Å². The average molecular weight is 433 g/mol. The molecule has 2 aliphatic rings. The van der Waals surface area contributed by atoms with Crippen molar-refractivity contribution in [3.8, 4) is 0 Å².